The molecule has 2 N–H and O–H groups in total. The molecular weight excluding hydrogens is 355 g/mol. The molecule has 4 rings (SSSR count). The van der Waals surface area contributed by atoms with Crippen molar-refractivity contribution in [2.45, 2.75) is 12.7 Å². The Morgan fingerprint density at radius 2 is 1.81 bits per heavy atom. The van der Waals surface area contributed by atoms with Crippen molar-refractivity contribution in [3.63, 3.8) is 0 Å². The Balaban J connectivity index is 1.67. The number of H-pyrrole nitrogens is 1. The number of nitrogens with one attached hydrogen (secondary N) is 2. The fourth-order valence-corrected chi connectivity index (χ4v) is 3.03. The van der Waals surface area contributed by atoms with Crippen LogP contribution in [0.5, 0.6) is 0 Å². The van der Waals surface area contributed by atoms with Gasteiger partial charge in [-0.3, -0.25) is 4.79 Å². The van der Waals surface area contributed by atoms with Crippen LogP contribution in [0.1, 0.15) is 11.1 Å². The van der Waals surface area contributed by atoms with Gasteiger partial charge in [0.1, 0.15) is 5.65 Å². The Hall–Kier alpha value is -3.35. The van der Waals surface area contributed by atoms with Gasteiger partial charge in [-0.15, -0.1) is 0 Å². The number of nitrogens with zero attached hydrogens (tertiary/aromatic N) is 1. The Labute approximate surface area is 151 Å². The lowest BCUT2D eigenvalue weighted by atomic mass is 10.1. The molecular formula is C20H14F3N3O. The monoisotopic (exact) mass is 369 g/mol. The number of fused-ring (bicyclic) bond motifs is 3. The molecule has 2 aromatic heterocycles. The molecule has 136 valence electrons. The lowest BCUT2D eigenvalue weighted by Gasteiger charge is -2.11. The largest absolute Gasteiger partial charge is 0.416 e. The molecule has 4 nitrogen and oxygen atoms in total. The maximum atomic E-state index is 12.8. The van der Waals surface area contributed by atoms with E-state index in [9.17, 15) is 18.0 Å². The van der Waals surface area contributed by atoms with Gasteiger partial charge in [0.2, 0.25) is 0 Å². The van der Waals surface area contributed by atoms with Crippen molar-refractivity contribution >= 4 is 27.5 Å². The quantitative estimate of drug-likeness (QED) is 0.515. The van der Waals surface area contributed by atoms with E-state index in [1.807, 2.05) is 12.1 Å². The molecule has 0 spiro atoms. The second-order valence-corrected chi connectivity index (χ2v) is 6.17. The van der Waals surface area contributed by atoms with Crippen LogP contribution in [0.4, 0.5) is 18.9 Å². The summed E-state index contributed by atoms with van der Waals surface area (Å²) in [6.07, 6.45) is -2.77. The van der Waals surface area contributed by atoms with Crippen molar-refractivity contribution in [3.05, 3.63) is 82.3 Å². The van der Waals surface area contributed by atoms with E-state index in [4.69, 9.17) is 0 Å². The van der Waals surface area contributed by atoms with Crippen molar-refractivity contribution in [3.8, 4) is 0 Å². The van der Waals surface area contributed by atoms with Crippen LogP contribution in [-0.4, -0.2) is 9.97 Å². The maximum Gasteiger partial charge on any atom is 0.416 e. The zero-order chi connectivity index (χ0) is 19.0. The van der Waals surface area contributed by atoms with Crippen molar-refractivity contribution in [1.29, 1.82) is 0 Å². The van der Waals surface area contributed by atoms with E-state index in [0.29, 0.717) is 22.3 Å². The predicted molar refractivity (Wildman–Crippen MR) is 98.6 cm³/mol. The first kappa shape index (κ1) is 17.1. The molecule has 0 aliphatic carbocycles. The first-order valence-corrected chi connectivity index (χ1v) is 8.22. The Morgan fingerprint density at radius 1 is 0.963 bits per heavy atom. The minimum absolute atomic E-state index is 0.231. The first-order chi connectivity index (χ1) is 12.9. The van der Waals surface area contributed by atoms with Crippen LogP contribution in [-0.2, 0) is 12.7 Å². The first-order valence-electron chi connectivity index (χ1n) is 8.22. The highest BCUT2D eigenvalue weighted by Gasteiger charge is 2.30. The zero-order valence-corrected chi connectivity index (χ0v) is 14.0. The summed E-state index contributed by atoms with van der Waals surface area (Å²) in [6.45, 7) is 0.231. The third-order valence-corrected chi connectivity index (χ3v) is 4.34. The highest BCUT2D eigenvalue weighted by atomic mass is 19.4. The third kappa shape index (κ3) is 3.36. The predicted octanol–water partition coefficient (Wildman–Crippen LogP) is 4.71. The molecule has 0 fully saturated rings. The van der Waals surface area contributed by atoms with Gasteiger partial charge >= 0.3 is 6.18 Å². The number of aromatic amines is 1. The van der Waals surface area contributed by atoms with Crippen LogP contribution in [0.3, 0.4) is 0 Å². The molecule has 0 aliphatic heterocycles. The molecule has 0 aliphatic rings. The number of hydrogen-bond acceptors (Lipinski definition) is 3. The summed E-state index contributed by atoms with van der Waals surface area (Å²) in [5.41, 5.74) is 0.799. The number of benzene rings is 2. The van der Waals surface area contributed by atoms with E-state index >= 15 is 0 Å². The van der Waals surface area contributed by atoms with E-state index in [1.165, 1.54) is 6.07 Å². The summed E-state index contributed by atoms with van der Waals surface area (Å²) in [7, 11) is 0. The fraction of sp³-hybridized carbons (Fsp3) is 0.100. The van der Waals surface area contributed by atoms with Crippen LogP contribution < -0.4 is 10.9 Å². The highest BCUT2D eigenvalue weighted by molar-refractivity contribution is 6.05. The Morgan fingerprint density at radius 3 is 2.63 bits per heavy atom. The van der Waals surface area contributed by atoms with Gasteiger partial charge in [0.25, 0.3) is 5.56 Å². The van der Waals surface area contributed by atoms with Gasteiger partial charge in [0.15, 0.2) is 0 Å². The molecule has 0 amide bonds. The van der Waals surface area contributed by atoms with Crippen molar-refractivity contribution in [2.75, 3.05) is 5.32 Å². The summed E-state index contributed by atoms with van der Waals surface area (Å²) in [5, 5.41) is 5.18. The molecule has 0 radical (unpaired) electrons. The summed E-state index contributed by atoms with van der Waals surface area (Å²) in [5.74, 6) is 0. The lowest BCUT2D eigenvalue weighted by molar-refractivity contribution is -0.137. The van der Waals surface area contributed by atoms with Crippen LogP contribution in [0, 0.1) is 0 Å². The molecule has 0 saturated carbocycles. The fourth-order valence-electron chi connectivity index (χ4n) is 3.03. The topological polar surface area (TPSA) is 57.8 Å². The van der Waals surface area contributed by atoms with Crippen LogP contribution in [0.2, 0.25) is 0 Å². The van der Waals surface area contributed by atoms with Crippen molar-refractivity contribution < 1.29 is 13.2 Å². The van der Waals surface area contributed by atoms with E-state index in [1.54, 1.807) is 30.5 Å². The van der Waals surface area contributed by atoms with Crippen LogP contribution in [0.25, 0.3) is 21.8 Å². The van der Waals surface area contributed by atoms with Crippen LogP contribution in [0.15, 0.2) is 65.6 Å². The van der Waals surface area contributed by atoms with Gasteiger partial charge in [-0.05, 0) is 48.0 Å². The molecule has 27 heavy (non-hydrogen) atoms. The molecule has 7 heteroatoms. The van der Waals surface area contributed by atoms with Gasteiger partial charge in [-0.2, -0.15) is 13.2 Å². The van der Waals surface area contributed by atoms with Gasteiger partial charge in [0, 0.05) is 34.6 Å². The third-order valence-electron chi connectivity index (χ3n) is 4.34. The zero-order valence-electron chi connectivity index (χ0n) is 14.0. The maximum absolute atomic E-state index is 12.8. The minimum atomic E-state index is -4.37. The lowest BCUT2D eigenvalue weighted by Crippen LogP contribution is -2.08. The molecule has 4 aromatic rings. The number of pyridine rings is 2. The van der Waals surface area contributed by atoms with Crippen LogP contribution >= 0.6 is 0 Å². The summed E-state index contributed by atoms with van der Waals surface area (Å²) < 4.78 is 38.5. The molecule has 0 unspecified atom stereocenters. The number of anilines is 1. The molecule has 0 bridgehead atoms. The number of rotatable bonds is 3. The molecule has 2 aromatic carbocycles. The Kier molecular flexibility index (Phi) is 4.07. The van der Waals surface area contributed by atoms with E-state index < -0.39 is 11.7 Å². The molecule has 0 atom stereocenters. The summed E-state index contributed by atoms with van der Waals surface area (Å²) in [6, 6.07) is 14.1. The highest BCUT2D eigenvalue weighted by Crippen LogP contribution is 2.30. The Bertz CT molecular complexity index is 1200. The average Bonchev–Trinajstić information content (AvgIpc) is 2.66. The normalized spacial score (nSPS) is 11.8. The summed E-state index contributed by atoms with van der Waals surface area (Å²) in [4.78, 5) is 19.1. The van der Waals surface area contributed by atoms with Crippen molar-refractivity contribution in [2.24, 2.45) is 0 Å². The second-order valence-electron chi connectivity index (χ2n) is 6.17. The minimum Gasteiger partial charge on any atom is -0.381 e. The average molecular weight is 369 g/mol. The number of alkyl halides is 3. The van der Waals surface area contributed by atoms with Gasteiger partial charge in [-0.25, -0.2) is 4.98 Å². The van der Waals surface area contributed by atoms with Gasteiger partial charge < -0.3 is 10.3 Å². The van der Waals surface area contributed by atoms with E-state index in [2.05, 4.69) is 15.3 Å². The van der Waals surface area contributed by atoms with E-state index in [0.717, 1.165) is 22.9 Å². The van der Waals surface area contributed by atoms with Gasteiger partial charge in [0.05, 0.1) is 5.56 Å². The molecule has 2 heterocycles. The SMILES string of the molecule is O=c1[nH]c2ncccc2c2cc(NCc3cccc(C(F)(F)F)c3)ccc12. The number of halogens is 3. The van der Waals surface area contributed by atoms with E-state index in [-0.39, 0.29) is 12.1 Å². The number of hydrogen-bond donors (Lipinski definition) is 2. The van der Waals surface area contributed by atoms with Crippen molar-refractivity contribution in [1.82, 2.24) is 9.97 Å². The smallest absolute Gasteiger partial charge is 0.381 e. The van der Waals surface area contributed by atoms with Gasteiger partial charge in [-0.1, -0.05) is 12.1 Å². The molecule has 0 saturated heterocycles. The second kappa shape index (κ2) is 6.42. The summed E-state index contributed by atoms with van der Waals surface area (Å²) >= 11 is 0. The standard InChI is InChI=1S/C20H14F3N3O/c21-20(22,23)13-4-1-3-12(9-13)11-25-14-6-7-16-17(10-14)15-5-2-8-24-18(15)26-19(16)27/h1-10,25H,11H2,(H,24,26,27). The number of aromatic nitrogens is 2.